The Morgan fingerprint density at radius 3 is 2.23 bits per heavy atom. The summed E-state index contributed by atoms with van der Waals surface area (Å²) in [6, 6.07) is 15.8. The lowest BCUT2D eigenvalue weighted by Crippen LogP contribution is -2.30. The Balaban J connectivity index is 1.90. The number of rotatable bonds is 5. The molecule has 0 aromatic heterocycles. The summed E-state index contributed by atoms with van der Waals surface area (Å²) in [7, 11) is 3.32. The second-order valence-corrected chi connectivity index (χ2v) is 5.21. The molecule has 0 N–H and O–H groups in total. The molecular weight excluding hydrogens is 280 g/mol. The van der Waals surface area contributed by atoms with E-state index in [4.69, 9.17) is 18.9 Å². The third kappa shape index (κ3) is 2.93. The van der Waals surface area contributed by atoms with Gasteiger partial charge >= 0.3 is 0 Å². The molecule has 0 unspecified atom stereocenters. The van der Waals surface area contributed by atoms with Crippen molar-refractivity contribution in [1.29, 1.82) is 0 Å². The van der Waals surface area contributed by atoms with Gasteiger partial charge in [0.05, 0.1) is 27.4 Å². The predicted molar refractivity (Wildman–Crippen MR) is 83.3 cm³/mol. The smallest absolute Gasteiger partial charge is 0.199 e. The van der Waals surface area contributed by atoms with Gasteiger partial charge < -0.3 is 18.9 Å². The molecule has 0 aliphatic carbocycles. The minimum atomic E-state index is -0.737. The summed E-state index contributed by atoms with van der Waals surface area (Å²) >= 11 is 0. The van der Waals surface area contributed by atoms with Gasteiger partial charge in [0.25, 0.3) is 0 Å². The fourth-order valence-corrected chi connectivity index (χ4v) is 2.72. The maximum Gasteiger partial charge on any atom is 0.199 e. The van der Waals surface area contributed by atoms with Gasteiger partial charge in [-0.15, -0.1) is 0 Å². The molecule has 4 nitrogen and oxygen atoms in total. The Labute approximate surface area is 130 Å². The van der Waals surface area contributed by atoms with E-state index >= 15 is 0 Å². The van der Waals surface area contributed by atoms with Crippen LogP contribution in [0, 0.1) is 0 Å². The average Bonchev–Trinajstić information content (AvgIpc) is 3.05. The van der Waals surface area contributed by atoms with Crippen LogP contribution in [0.3, 0.4) is 0 Å². The first kappa shape index (κ1) is 14.9. The highest BCUT2D eigenvalue weighted by Gasteiger charge is 2.38. The normalized spacial score (nSPS) is 16.5. The Morgan fingerprint density at radius 2 is 1.59 bits per heavy atom. The Kier molecular flexibility index (Phi) is 4.32. The standard InChI is InChI=1S/C18H20O4/c1-19-16-8-6-15(7-9-16)18(21-10-11-22-18)13-14-4-3-5-17(12-14)20-2/h3-9,12H,10-11,13H2,1-2H3. The lowest BCUT2D eigenvalue weighted by Gasteiger charge is -2.28. The Bertz CT molecular complexity index is 615. The van der Waals surface area contributed by atoms with Gasteiger partial charge in [0, 0.05) is 12.0 Å². The van der Waals surface area contributed by atoms with Crippen LogP contribution >= 0.6 is 0 Å². The van der Waals surface area contributed by atoms with E-state index in [0.29, 0.717) is 19.6 Å². The minimum absolute atomic E-state index is 0.593. The second-order valence-electron chi connectivity index (χ2n) is 5.21. The van der Waals surface area contributed by atoms with Gasteiger partial charge in [0.15, 0.2) is 5.79 Å². The quantitative estimate of drug-likeness (QED) is 0.850. The van der Waals surface area contributed by atoms with Crippen molar-refractivity contribution in [2.45, 2.75) is 12.2 Å². The number of benzene rings is 2. The number of ether oxygens (including phenoxy) is 4. The summed E-state index contributed by atoms with van der Waals surface area (Å²) in [6.07, 6.45) is 0.635. The van der Waals surface area contributed by atoms with E-state index in [1.807, 2.05) is 42.5 Å². The first-order valence-electron chi connectivity index (χ1n) is 7.31. The first-order chi connectivity index (χ1) is 10.8. The molecule has 1 aliphatic heterocycles. The molecule has 0 bridgehead atoms. The summed E-state index contributed by atoms with van der Waals surface area (Å²) in [6.45, 7) is 1.19. The van der Waals surface area contributed by atoms with Crippen LogP contribution in [0.5, 0.6) is 11.5 Å². The molecule has 3 rings (SSSR count). The Morgan fingerprint density at radius 1 is 0.909 bits per heavy atom. The molecule has 1 fully saturated rings. The second kappa shape index (κ2) is 6.38. The van der Waals surface area contributed by atoms with Crippen LogP contribution in [-0.2, 0) is 21.7 Å². The summed E-state index contributed by atoms with van der Waals surface area (Å²) in [5, 5.41) is 0. The minimum Gasteiger partial charge on any atom is -0.497 e. The molecule has 2 aromatic carbocycles. The van der Waals surface area contributed by atoms with Crippen molar-refractivity contribution in [3.8, 4) is 11.5 Å². The van der Waals surface area contributed by atoms with Crippen molar-refractivity contribution in [2.24, 2.45) is 0 Å². The molecule has 0 saturated carbocycles. The number of hydrogen-bond acceptors (Lipinski definition) is 4. The Hall–Kier alpha value is -2.04. The van der Waals surface area contributed by atoms with Gasteiger partial charge in [0.2, 0.25) is 0 Å². The fraction of sp³-hybridized carbons (Fsp3) is 0.333. The molecule has 0 atom stereocenters. The van der Waals surface area contributed by atoms with Crippen molar-refractivity contribution < 1.29 is 18.9 Å². The highest BCUT2D eigenvalue weighted by Crippen LogP contribution is 2.36. The van der Waals surface area contributed by atoms with E-state index in [0.717, 1.165) is 22.6 Å². The van der Waals surface area contributed by atoms with Gasteiger partial charge in [-0.25, -0.2) is 0 Å². The zero-order chi connectivity index (χ0) is 15.4. The van der Waals surface area contributed by atoms with Gasteiger partial charge in [0.1, 0.15) is 11.5 Å². The summed E-state index contributed by atoms with van der Waals surface area (Å²) in [4.78, 5) is 0. The first-order valence-corrected chi connectivity index (χ1v) is 7.31. The topological polar surface area (TPSA) is 36.9 Å². The van der Waals surface area contributed by atoms with Crippen molar-refractivity contribution in [3.63, 3.8) is 0 Å². The van der Waals surface area contributed by atoms with E-state index in [1.165, 1.54) is 0 Å². The monoisotopic (exact) mass is 300 g/mol. The predicted octanol–water partition coefficient (Wildman–Crippen LogP) is 3.15. The molecule has 0 spiro atoms. The highest BCUT2D eigenvalue weighted by atomic mass is 16.7. The maximum atomic E-state index is 5.97. The van der Waals surface area contributed by atoms with Gasteiger partial charge in [-0.05, 0) is 42.0 Å². The zero-order valence-electron chi connectivity index (χ0n) is 12.9. The van der Waals surface area contributed by atoms with E-state index in [2.05, 4.69) is 6.07 Å². The molecule has 116 valence electrons. The van der Waals surface area contributed by atoms with E-state index in [-0.39, 0.29) is 0 Å². The highest BCUT2D eigenvalue weighted by molar-refractivity contribution is 5.34. The molecule has 4 heteroatoms. The van der Waals surface area contributed by atoms with E-state index in [1.54, 1.807) is 14.2 Å². The fourth-order valence-electron chi connectivity index (χ4n) is 2.72. The van der Waals surface area contributed by atoms with Gasteiger partial charge in [-0.2, -0.15) is 0 Å². The molecule has 22 heavy (non-hydrogen) atoms. The summed E-state index contributed by atoms with van der Waals surface area (Å²) in [5.41, 5.74) is 2.10. The maximum absolute atomic E-state index is 5.97. The number of hydrogen-bond donors (Lipinski definition) is 0. The molecule has 1 saturated heterocycles. The lowest BCUT2D eigenvalue weighted by molar-refractivity contribution is -0.164. The zero-order valence-corrected chi connectivity index (χ0v) is 12.9. The molecule has 0 amide bonds. The van der Waals surface area contributed by atoms with Crippen molar-refractivity contribution in [3.05, 3.63) is 59.7 Å². The van der Waals surface area contributed by atoms with Crippen molar-refractivity contribution in [1.82, 2.24) is 0 Å². The van der Waals surface area contributed by atoms with Crippen LogP contribution in [0.2, 0.25) is 0 Å². The molecule has 1 aliphatic rings. The number of methoxy groups -OCH3 is 2. The van der Waals surface area contributed by atoms with E-state index < -0.39 is 5.79 Å². The summed E-state index contributed by atoms with van der Waals surface area (Å²) in [5.74, 6) is 0.914. The van der Waals surface area contributed by atoms with Crippen LogP contribution in [0.25, 0.3) is 0 Å². The third-order valence-corrected chi connectivity index (χ3v) is 3.85. The van der Waals surface area contributed by atoms with E-state index in [9.17, 15) is 0 Å². The van der Waals surface area contributed by atoms with Crippen LogP contribution in [-0.4, -0.2) is 27.4 Å². The summed E-state index contributed by atoms with van der Waals surface area (Å²) < 4.78 is 22.5. The molecule has 2 aromatic rings. The largest absolute Gasteiger partial charge is 0.497 e. The molecule has 1 heterocycles. The molecular formula is C18H20O4. The van der Waals surface area contributed by atoms with Crippen LogP contribution < -0.4 is 9.47 Å². The SMILES string of the molecule is COc1ccc(C2(Cc3cccc(OC)c3)OCCO2)cc1. The molecule has 0 radical (unpaired) electrons. The third-order valence-electron chi connectivity index (χ3n) is 3.85. The van der Waals surface area contributed by atoms with Crippen LogP contribution in [0.4, 0.5) is 0 Å². The van der Waals surface area contributed by atoms with Crippen LogP contribution in [0.1, 0.15) is 11.1 Å². The van der Waals surface area contributed by atoms with Crippen molar-refractivity contribution in [2.75, 3.05) is 27.4 Å². The van der Waals surface area contributed by atoms with Gasteiger partial charge in [-0.1, -0.05) is 12.1 Å². The van der Waals surface area contributed by atoms with Gasteiger partial charge in [-0.3, -0.25) is 0 Å². The van der Waals surface area contributed by atoms with Crippen molar-refractivity contribution >= 4 is 0 Å². The van der Waals surface area contributed by atoms with Crippen LogP contribution in [0.15, 0.2) is 48.5 Å². The lowest BCUT2D eigenvalue weighted by atomic mass is 9.97. The average molecular weight is 300 g/mol.